The second-order valence-corrected chi connectivity index (χ2v) is 13.2. The standard InChI is InChI=1S/C31H40N2O3S/c1-30(2,3)37-29-26-18-25(36-21-24(34)17-22-11-7-6-8-12-22)14-15-27(26)33(28(29)19-31(4,5)35)20-23-13-9-10-16-32-23/h6-15,18,24,32,34-35H,16-17,19-21H2,1-5H3. The van der Waals surface area contributed by atoms with Crippen molar-refractivity contribution in [3.8, 4) is 5.75 Å². The van der Waals surface area contributed by atoms with Crippen molar-refractivity contribution < 1.29 is 14.9 Å². The number of ether oxygens (including phenoxy) is 1. The van der Waals surface area contributed by atoms with Crippen LogP contribution in [0.3, 0.4) is 0 Å². The van der Waals surface area contributed by atoms with Gasteiger partial charge in [-0.15, -0.1) is 11.8 Å². The molecule has 3 N–H and O–H groups in total. The van der Waals surface area contributed by atoms with Gasteiger partial charge in [-0.25, -0.2) is 0 Å². The Balaban J connectivity index is 1.69. The summed E-state index contributed by atoms with van der Waals surface area (Å²) in [7, 11) is 0. The molecule has 0 amide bonds. The van der Waals surface area contributed by atoms with E-state index in [4.69, 9.17) is 4.74 Å². The Hall–Kier alpha value is -2.67. The second kappa shape index (κ2) is 11.4. The van der Waals surface area contributed by atoms with Gasteiger partial charge in [-0.05, 0) is 43.7 Å². The number of fused-ring (bicyclic) bond motifs is 1. The largest absolute Gasteiger partial charge is 0.491 e. The molecule has 4 rings (SSSR count). The first kappa shape index (κ1) is 27.4. The molecule has 1 aliphatic rings. The lowest BCUT2D eigenvalue weighted by molar-refractivity contribution is 0.0784. The maximum atomic E-state index is 10.9. The molecule has 2 heterocycles. The summed E-state index contributed by atoms with van der Waals surface area (Å²) in [5, 5.41) is 26.0. The quantitative estimate of drug-likeness (QED) is 0.292. The number of thioether (sulfide) groups is 1. The van der Waals surface area contributed by atoms with Crippen molar-refractivity contribution in [2.45, 2.75) is 75.4 Å². The number of aliphatic hydroxyl groups excluding tert-OH is 1. The molecule has 0 saturated heterocycles. The summed E-state index contributed by atoms with van der Waals surface area (Å²) in [5.74, 6) is 0.736. The molecular formula is C31H40N2O3S. The highest BCUT2D eigenvalue weighted by Gasteiger charge is 2.27. The fourth-order valence-corrected chi connectivity index (χ4v) is 5.74. The van der Waals surface area contributed by atoms with E-state index in [-0.39, 0.29) is 11.4 Å². The number of hydrogen-bond donors (Lipinski definition) is 3. The zero-order valence-electron chi connectivity index (χ0n) is 22.6. The zero-order valence-corrected chi connectivity index (χ0v) is 23.4. The van der Waals surface area contributed by atoms with E-state index in [1.807, 2.05) is 62.0 Å². The van der Waals surface area contributed by atoms with Crippen LogP contribution in [0.5, 0.6) is 5.75 Å². The lowest BCUT2D eigenvalue weighted by Crippen LogP contribution is -2.26. The van der Waals surface area contributed by atoms with Gasteiger partial charge in [0.05, 0.1) is 23.8 Å². The summed E-state index contributed by atoms with van der Waals surface area (Å²) in [6.45, 7) is 12.1. The van der Waals surface area contributed by atoms with Crippen molar-refractivity contribution in [1.82, 2.24) is 9.88 Å². The van der Waals surface area contributed by atoms with Gasteiger partial charge in [0.2, 0.25) is 0 Å². The van der Waals surface area contributed by atoms with Crippen LogP contribution in [0.25, 0.3) is 10.9 Å². The monoisotopic (exact) mass is 520 g/mol. The third kappa shape index (κ3) is 7.67. The average Bonchev–Trinajstić information content (AvgIpc) is 3.08. The maximum absolute atomic E-state index is 10.9. The maximum Gasteiger partial charge on any atom is 0.120 e. The minimum atomic E-state index is -0.853. The van der Waals surface area contributed by atoms with Crippen LogP contribution in [-0.4, -0.2) is 44.4 Å². The molecule has 1 aliphatic heterocycles. The van der Waals surface area contributed by atoms with E-state index in [0.29, 0.717) is 19.4 Å². The van der Waals surface area contributed by atoms with Gasteiger partial charge in [0.15, 0.2) is 0 Å². The summed E-state index contributed by atoms with van der Waals surface area (Å²) >= 11 is 1.82. The van der Waals surface area contributed by atoms with Crippen molar-refractivity contribution in [3.63, 3.8) is 0 Å². The molecule has 3 aromatic rings. The van der Waals surface area contributed by atoms with Gasteiger partial charge in [0.25, 0.3) is 0 Å². The van der Waals surface area contributed by atoms with E-state index in [1.165, 1.54) is 4.90 Å². The topological polar surface area (TPSA) is 66.6 Å². The van der Waals surface area contributed by atoms with E-state index in [2.05, 4.69) is 61.0 Å². The zero-order chi connectivity index (χ0) is 26.6. The molecule has 0 bridgehead atoms. The number of nitrogens with one attached hydrogen (secondary N) is 1. The minimum absolute atomic E-state index is 0.0126. The summed E-state index contributed by atoms with van der Waals surface area (Å²) in [4.78, 5) is 1.17. The Labute approximate surface area is 225 Å². The Bertz CT molecular complexity index is 1260. The fraction of sp³-hybridized carbons (Fsp3) is 0.419. The molecule has 2 aromatic carbocycles. The fourth-order valence-electron chi connectivity index (χ4n) is 4.55. The Kier molecular flexibility index (Phi) is 8.42. The SMILES string of the molecule is CC(C)(O)Cc1c(SC(C)(C)C)c2cc(OCC(O)Cc3ccccc3)ccc2n1CC1=CC=CCN1. The van der Waals surface area contributed by atoms with Crippen LogP contribution in [0.4, 0.5) is 0 Å². The predicted molar refractivity (Wildman–Crippen MR) is 154 cm³/mol. The first-order valence-electron chi connectivity index (χ1n) is 13.0. The van der Waals surface area contributed by atoms with Crippen molar-refractivity contribution in [3.05, 3.63) is 83.7 Å². The first-order valence-corrected chi connectivity index (χ1v) is 13.8. The highest BCUT2D eigenvalue weighted by molar-refractivity contribution is 8.00. The highest BCUT2D eigenvalue weighted by atomic mass is 32.2. The number of aromatic nitrogens is 1. The lowest BCUT2D eigenvalue weighted by Gasteiger charge is -2.24. The molecule has 37 heavy (non-hydrogen) atoms. The van der Waals surface area contributed by atoms with Crippen LogP contribution >= 0.6 is 11.8 Å². The third-order valence-corrected chi connectivity index (χ3v) is 7.34. The number of dihydropyridines is 1. The average molecular weight is 521 g/mol. The Morgan fingerprint density at radius 1 is 1.08 bits per heavy atom. The highest BCUT2D eigenvalue weighted by Crippen LogP contribution is 2.43. The summed E-state index contributed by atoms with van der Waals surface area (Å²) in [6.07, 6.45) is 6.81. The van der Waals surface area contributed by atoms with Crippen LogP contribution < -0.4 is 10.1 Å². The van der Waals surface area contributed by atoms with Crippen LogP contribution in [0.15, 0.2) is 77.4 Å². The van der Waals surface area contributed by atoms with Crippen molar-refractivity contribution in [1.29, 1.82) is 0 Å². The first-order chi connectivity index (χ1) is 17.5. The van der Waals surface area contributed by atoms with E-state index in [0.717, 1.165) is 40.2 Å². The molecule has 5 nitrogen and oxygen atoms in total. The van der Waals surface area contributed by atoms with E-state index >= 15 is 0 Å². The van der Waals surface area contributed by atoms with Crippen LogP contribution in [-0.2, 0) is 19.4 Å². The molecule has 0 aliphatic carbocycles. The minimum Gasteiger partial charge on any atom is -0.491 e. The predicted octanol–water partition coefficient (Wildman–Crippen LogP) is 5.87. The third-order valence-electron chi connectivity index (χ3n) is 6.07. The van der Waals surface area contributed by atoms with Gasteiger partial charge in [0, 0.05) is 45.8 Å². The molecular weight excluding hydrogens is 480 g/mol. The van der Waals surface area contributed by atoms with Gasteiger partial charge in [0.1, 0.15) is 12.4 Å². The normalized spacial score (nSPS) is 14.9. The molecule has 0 spiro atoms. The number of rotatable bonds is 10. The number of aliphatic hydroxyl groups is 2. The molecule has 0 fully saturated rings. The van der Waals surface area contributed by atoms with E-state index < -0.39 is 11.7 Å². The molecule has 198 valence electrons. The van der Waals surface area contributed by atoms with Crippen LogP contribution in [0.2, 0.25) is 0 Å². The van der Waals surface area contributed by atoms with Gasteiger partial charge in [-0.2, -0.15) is 0 Å². The summed E-state index contributed by atoms with van der Waals surface area (Å²) in [5.41, 5.74) is 3.62. The summed E-state index contributed by atoms with van der Waals surface area (Å²) in [6, 6.07) is 16.2. The number of benzene rings is 2. The Morgan fingerprint density at radius 2 is 1.84 bits per heavy atom. The van der Waals surface area contributed by atoms with E-state index in [9.17, 15) is 10.2 Å². The summed E-state index contributed by atoms with van der Waals surface area (Å²) < 4.78 is 8.40. The molecule has 6 heteroatoms. The van der Waals surface area contributed by atoms with E-state index in [1.54, 1.807) is 0 Å². The van der Waals surface area contributed by atoms with Gasteiger partial charge in [-0.1, -0.05) is 63.3 Å². The van der Waals surface area contributed by atoms with Crippen LogP contribution in [0, 0.1) is 0 Å². The number of allylic oxidation sites excluding steroid dienone is 3. The van der Waals surface area contributed by atoms with Gasteiger partial charge < -0.3 is 24.8 Å². The lowest BCUT2D eigenvalue weighted by atomic mass is 10.0. The second-order valence-electron chi connectivity index (χ2n) is 11.4. The molecule has 1 atom stereocenters. The Morgan fingerprint density at radius 3 is 2.49 bits per heavy atom. The smallest absolute Gasteiger partial charge is 0.120 e. The molecule has 1 aromatic heterocycles. The van der Waals surface area contributed by atoms with Crippen LogP contribution in [0.1, 0.15) is 45.9 Å². The van der Waals surface area contributed by atoms with Gasteiger partial charge in [-0.3, -0.25) is 0 Å². The molecule has 1 unspecified atom stereocenters. The molecule has 0 saturated carbocycles. The van der Waals surface area contributed by atoms with Crippen molar-refractivity contribution in [2.24, 2.45) is 0 Å². The molecule has 0 radical (unpaired) electrons. The number of hydrogen-bond acceptors (Lipinski definition) is 5. The van der Waals surface area contributed by atoms with Gasteiger partial charge >= 0.3 is 0 Å². The number of nitrogens with zero attached hydrogens (tertiary/aromatic N) is 1. The van der Waals surface area contributed by atoms with Crippen molar-refractivity contribution >= 4 is 22.7 Å². The van der Waals surface area contributed by atoms with Crippen molar-refractivity contribution in [2.75, 3.05) is 13.2 Å².